The zero-order valence-electron chi connectivity index (χ0n) is 14.5. The van der Waals surface area contributed by atoms with Crippen molar-refractivity contribution in [2.75, 3.05) is 20.9 Å². The van der Waals surface area contributed by atoms with E-state index >= 15 is 0 Å². The van der Waals surface area contributed by atoms with Crippen LogP contribution >= 0.6 is 7.94 Å². The predicted molar refractivity (Wildman–Crippen MR) is 100 cm³/mol. The molecule has 2 aromatic carbocycles. The topological polar surface area (TPSA) is 115 Å². The Kier molecular flexibility index (Phi) is 6.90. The maximum absolute atomic E-state index is 9.60. The van der Waals surface area contributed by atoms with Crippen LogP contribution in [0, 0.1) is 0 Å². The molecule has 1 unspecified atom stereocenters. The van der Waals surface area contributed by atoms with Gasteiger partial charge in [-0.15, -0.1) is 0 Å². The molecule has 0 heterocycles. The van der Waals surface area contributed by atoms with Gasteiger partial charge in [-0.2, -0.15) is 5.10 Å². The summed E-state index contributed by atoms with van der Waals surface area (Å²) in [6, 6.07) is 13.3. The van der Waals surface area contributed by atoms with Crippen molar-refractivity contribution in [1.29, 1.82) is 0 Å². The first-order valence-electron chi connectivity index (χ1n) is 7.78. The molecule has 0 amide bonds. The summed E-state index contributed by atoms with van der Waals surface area (Å²) in [6.45, 7) is -0.0221. The molecule has 0 saturated carbocycles. The van der Waals surface area contributed by atoms with Gasteiger partial charge in [0.05, 0.1) is 6.21 Å². The van der Waals surface area contributed by atoms with E-state index in [1.54, 1.807) is 23.4 Å². The summed E-state index contributed by atoms with van der Waals surface area (Å²) in [5, 5.41) is 15.4. The number of hydrogen-bond acceptors (Lipinski definition) is 8. The summed E-state index contributed by atoms with van der Waals surface area (Å²) in [6.07, 6.45) is 1.74. The average Bonchev–Trinajstić information content (AvgIpc) is 2.60. The molecule has 9 heteroatoms. The van der Waals surface area contributed by atoms with Crippen molar-refractivity contribution in [1.82, 2.24) is 5.01 Å². The maximum atomic E-state index is 9.60. The molecule has 0 aliphatic carbocycles. The average molecular weight is 382 g/mol. The van der Waals surface area contributed by atoms with Gasteiger partial charge in [-0.25, -0.2) is 0 Å². The van der Waals surface area contributed by atoms with Gasteiger partial charge in [0.2, 0.25) is 0 Å². The van der Waals surface area contributed by atoms with E-state index in [2.05, 4.69) is 5.10 Å². The molecule has 0 aliphatic rings. The van der Waals surface area contributed by atoms with Crippen LogP contribution in [-0.4, -0.2) is 51.9 Å². The van der Waals surface area contributed by atoms with Crippen LogP contribution in [0.15, 0.2) is 53.6 Å². The number of benzene rings is 2. The van der Waals surface area contributed by atoms with Crippen molar-refractivity contribution in [3.8, 4) is 11.5 Å². The van der Waals surface area contributed by atoms with Gasteiger partial charge in [-0.3, -0.25) is 0 Å². The van der Waals surface area contributed by atoms with E-state index in [0.717, 1.165) is 5.56 Å². The fraction of sp³-hybridized carbons (Fsp3) is 0.235. The van der Waals surface area contributed by atoms with Crippen molar-refractivity contribution in [2.45, 2.75) is 5.85 Å². The Bertz CT molecular complexity index is 714. The minimum atomic E-state index is -4.63. The molecule has 26 heavy (non-hydrogen) atoms. The molecule has 8 nitrogen and oxygen atoms in total. The Balaban J connectivity index is 1.84. The predicted octanol–water partition coefficient (Wildman–Crippen LogP) is 1.46. The van der Waals surface area contributed by atoms with Gasteiger partial charge < -0.3 is 5.01 Å². The van der Waals surface area contributed by atoms with Crippen LogP contribution in [0.3, 0.4) is 0 Å². The minimum absolute atomic E-state index is 0.0221. The van der Waals surface area contributed by atoms with Crippen LogP contribution in [-0.2, 0) is 0 Å². The van der Waals surface area contributed by atoms with Gasteiger partial charge in [0.15, 0.2) is 0 Å². The third-order valence-corrected chi connectivity index (χ3v) is 4.40. The molecule has 0 aliphatic heterocycles. The van der Waals surface area contributed by atoms with E-state index in [-0.39, 0.29) is 12.4 Å². The molecule has 0 saturated heterocycles. The first-order valence-corrected chi connectivity index (χ1v) is 9.69. The van der Waals surface area contributed by atoms with Crippen molar-refractivity contribution in [3.63, 3.8) is 0 Å². The van der Waals surface area contributed by atoms with Crippen molar-refractivity contribution < 1.29 is 29.3 Å². The molecule has 0 fully saturated rings. The third-order valence-electron chi connectivity index (χ3n) is 3.33. The quantitative estimate of drug-likeness (QED) is 0.236. The van der Waals surface area contributed by atoms with Crippen LogP contribution in [0.25, 0.3) is 0 Å². The number of ether oxygens (including phenoxy) is 2. The molecule has 0 radical (unpaired) electrons. The van der Waals surface area contributed by atoms with Crippen LogP contribution in [0.5, 0.6) is 11.5 Å². The summed E-state index contributed by atoms with van der Waals surface area (Å²) in [5.41, 5.74) is 1.13. The van der Waals surface area contributed by atoms with Crippen molar-refractivity contribution >= 4 is 14.2 Å². The Labute approximate surface area is 152 Å². The second kappa shape index (κ2) is 8.93. The van der Waals surface area contributed by atoms with Gasteiger partial charge in [0.1, 0.15) is 0 Å². The fourth-order valence-electron chi connectivity index (χ4n) is 1.97. The molecule has 0 bridgehead atoms. The molecule has 2 aromatic rings. The zero-order valence-corrected chi connectivity index (χ0v) is 15.5. The van der Waals surface area contributed by atoms with Crippen LogP contribution < -0.4 is 9.47 Å². The standard InChI is InChI=1S/C17H23N2O6P/c1-19(2)18-11-13-3-7-15(8-4-13)24-12-25-16-9-5-14(6-10-16)17(20)26(21,22)23/h3-11,17,20-23,26H,12H2,1-2H3/b18-11+. The van der Waals surface area contributed by atoms with Crippen LogP contribution in [0.1, 0.15) is 17.0 Å². The van der Waals surface area contributed by atoms with E-state index in [0.29, 0.717) is 11.5 Å². The summed E-state index contributed by atoms with van der Waals surface area (Å²) >= 11 is 0. The zero-order chi connectivity index (χ0) is 19.2. The van der Waals surface area contributed by atoms with E-state index in [4.69, 9.17) is 24.2 Å². The van der Waals surface area contributed by atoms with E-state index in [9.17, 15) is 5.11 Å². The second-order valence-electron chi connectivity index (χ2n) is 5.73. The first kappa shape index (κ1) is 20.1. The SMILES string of the molecule is CN(C)/N=C/c1ccc(OCOc2ccc(C(O)[PH](O)(O)O)cc2)cc1. The Morgan fingerprint density at radius 2 is 1.46 bits per heavy atom. The molecular weight excluding hydrogens is 359 g/mol. The normalized spacial score (nSPS) is 13.5. The molecule has 142 valence electrons. The number of hydrazone groups is 1. The van der Waals surface area contributed by atoms with Crippen LogP contribution in [0.4, 0.5) is 0 Å². The van der Waals surface area contributed by atoms with Gasteiger partial charge in [0, 0.05) is 14.1 Å². The van der Waals surface area contributed by atoms with Gasteiger partial charge in [-0.1, -0.05) is 0 Å². The van der Waals surface area contributed by atoms with Crippen molar-refractivity contribution in [3.05, 3.63) is 59.7 Å². The van der Waals surface area contributed by atoms with Crippen molar-refractivity contribution in [2.24, 2.45) is 5.10 Å². The van der Waals surface area contributed by atoms with Gasteiger partial charge in [0.25, 0.3) is 0 Å². The Morgan fingerprint density at radius 1 is 0.962 bits per heavy atom. The molecular formula is C17H23N2O6P. The fourth-order valence-corrected chi connectivity index (χ4v) is 2.61. The number of hydrogen-bond donors (Lipinski definition) is 4. The van der Waals surface area contributed by atoms with Crippen LogP contribution in [0.2, 0.25) is 0 Å². The summed E-state index contributed by atoms with van der Waals surface area (Å²) in [4.78, 5) is 27.3. The summed E-state index contributed by atoms with van der Waals surface area (Å²) in [7, 11) is -0.944. The molecule has 2 rings (SSSR count). The third kappa shape index (κ3) is 6.25. The van der Waals surface area contributed by atoms with Gasteiger partial charge in [-0.05, 0) is 0 Å². The summed E-state index contributed by atoms with van der Waals surface area (Å²) < 4.78 is 10.9. The van der Waals surface area contributed by atoms with Gasteiger partial charge >= 0.3 is 121 Å². The Morgan fingerprint density at radius 3 is 1.92 bits per heavy atom. The number of aliphatic hydroxyl groups excluding tert-OH is 1. The van der Waals surface area contributed by atoms with E-state index in [1.165, 1.54) is 24.3 Å². The van der Waals surface area contributed by atoms with E-state index in [1.807, 2.05) is 26.2 Å². The number of aliphatic hydroxyl groups is 1. The molecule has 1 atom stereocenters. The second-order valence-corrected chi connectivity index (χ2v) is 7.65. The van der Waals surface area contributed by atoms with E-state index < -0.39 is 13.8 Å². The molecule has 0 spiro atoms. The molecule has 4 N–H and O–H groups in total. The Hall–Kier alpha value is -2.22. The monoisotopic (exact) mass is 382 g/mol. The number of rotatable bonds is 8. The molecule has 0 aromatic heterocycles. The number of nitrogens with zero attached hydrogens (tertiary/aromatic N) is 2. The first-order chi connectivity index (χ1) is 12.3. The summed E-state index contributed by atoms with van der Waals surface area (Å²) in [5.74, 6) is -0.602.